The van der Waals surface area contributed by atoms with E-state index in [0.29, 0.717) is 37.7 Å². The standard InChI is InChI=1S/C21H19NO6S2/c1-11-5-6-13(20(24)25)10-14(11)22-19(23)17(30-21(22)29)9-12-7-15(26-2)18(28-4)16(8-12)27-3/h5-10H,1-4H3,(H,24,25)/b17-9-. The Labute approximate surface area is 183 Å². The van der Waals surface area contributed by atoms with Gasteiger partial charge in [0.1, 0.15) is 0 Å². The van der Waals surface area contributed by atoms with Gasteiger partial charge in [-0.1, -0.05) is 30.0 Å². The van der Waals surface area contributed by atoms with Crippen LogP contribution in [0.25, 0.3) is 6.08 Å². The SMILES string of the molecule is COc1cc(/C=C2\SC(=S)N(c3cc(C(=O)O)ccc3C)C2=O)cc(OC)c1OC. The van der Waals surface area contributed by atoms with Crippen LogP contribution in [0.2, 0.25) is 0 Å². The van der Waals surface area contributed by atoms with Crippen molar-refractivity contribution in [2.75, 3.05) is 26.2 Å². The number of aryl methyl sites for hydroxylation is 1. The summed E-state index contributed by atoms with van der Waals surface area (Å²) in [5.41, 5.74) is 1.94. The number of benzene rings is 2. The topological polar surface area (TPSA) is 85.3 Å². The quantitative estimate of drug-likeness (QED) is 0.525. The Bertz CT molecular complexity index is 1050. The molecule has 7 nitrogen and oxygen atoms in total. The summed E-state index contributed by atoms with van der Waals surface area (Å²) in [6.45, 7) is 1.79. The van der Waals surface area contributed by atoms with E-state index in [2.05, 4.69) is 0 Å². The summed E-state index contributed by atoms with van der Waals surface area (Å²) in [6, 6.07) is 8.05. The van der Waals surface area contributed by atoms with Gasteiger partial charge in [-0.3, -0.25) is 9.69 Å². The highest BCUT2D eigenvalue weighted by atomic mass is 32.2. The zero-order chi connectivity index (χ0) is 22.0. The minimum atomic E-state index is -1.07. The molecule has 2 aromatic rings. The molecule has 156 valence electrons. The second-order valence-electron chi connectivity index (χ2n) is 6.28. The number of anilines is 1. The van der Waals surface area contributed by atoms with E-state index >= 15 is 0 Å². The van der Waals surface area contributed by atoms with Crippen LogP contribution < -0.4 is 19.1 Å². The highest BCUT2D eigenvalue weighted by molar-refractivity contribution is 8.27. The molecule has 1 aliphatic heterocycles. The number of hydrogen-bond donors (Lipinski definition) is 1. The lowest BCUT2D eigenvalue weighted by atomic mass is 10.1. The lowest BCUT2D eigenvalue weighted by molar-refractivity contribution is -0.113. The summed E-state index contributed by atoms with van der Waals surface area (Å²) < 4.78 is 16.4. The molecular weight excluding hydrogens is 426 g/mol. The molecule has 0 atom stereocenters. The van der Waals surface area contributed by atoms with Crippen LogP contribution in [-0.2, 0) is 4.79 Å². The Balaban J connectivity index is 2.02. The van der Waals surface area contributed by atoms with Gasteiger partial charge in [-0.2, -0.15) is 0 Å². The lowest BCUT2D eigenvalue weighted by Gasteiger charge is -2.17. The second kappa shape index (κ2) is 8.76. The minimum absolute atomic E-state index is 0.0817. The zero-order valence-electron chi connectivity index (χ0n) is 16.7. The summed E-state index contributed by atoms with van der Waals surface area (Å²) >= 11 is 6.55. The average Bonchev–Trinajstić information content (AvgIpc) is 3.00. The van der Waals surface area contributed by atoms with Crippen molar-refractivity contribution in [2.45, 2.75) is 6.92 Å². The summed E-state index contributed by atoms with van der Waals surface area (Å²) in [5.74, 6) is -0.0305. The first-order valence-electron chi connectivity index (χ1n) is 8.72. The maximum atomic E-state index is 13.1. The van der Waals surface area contributed by atoms with E-state index in [-0.39, 0.29) is 11.5 Å². The van der Waals surface area contributed by atoms with E-state index in [1.54, 1.807) is 31.2 Å². The Morgan fingerprint density at radius 2 is 1.73 bits per heavy atom. The summed E-state index contributed by atoms with van der Waals surface area (Å²) in [5, 5.41) is 9.28. The molecule has 0 aliphatic carbocycles. The molecule has 3 rings (SSSR count). The first kappa shape index (κ1) is 21.7. The molecule has 0 bridgehead atoms. The molecule has 0 spiro atoms. The van der Waals surface area contributed by atoms with Gasteiger partial charge < -0.3 is 19.3 Å². The van der Waals surface area contributed by atoms with Gasteiger partial charge in [0.2, 0.25) is 5.75 Å². The number of hydrogen-bond acceptors (Lipinski definition) is 7. The summed E-state index contributed by atoms with van der Waals surface area (Å²) in [7, 11) is 4.54. The van der Waals surface area contributed by atoms with Gasteiger partial charge in [0.25, 0.3) is 5.91 Å². The van der Waals surface area contributed by atoms with Crippen molar-refractivity contribution in [1.82, 2.24) is 0 Å². The van der Waals surface area contributed by atoms with Gasteiger partial charge in [0.15, 0.2) is 15.8 Å². The van der Waals surface area contributed by atoms with Gasteiger partial charge in [0, 0.05) is 0 Å². The first-order chi connectivity index (χ1) is 14.3. The predicted molar refractivity (Wildman–Crippen MR) is 120 cm³/mol. The van der Waals surface area contributed by atoms with Gasteiger partial charge in [-0.05, 0) is 48.4 Å². The number of thiocarbonyl (C=S) groups is 1. The molecule has 0 unspecified atom stereocenters. The van der Waals surface area contributed by atoms with E-state index in [1.165, 1.54) is 38.4 Å². The van der Waals surface area contributed by atoms with E-state index in [1.807, 2.05) is 0 Å². The number of methoxy groups -OCH3 is 3. The molecule has 0 radical (unpaired) electrons. The molecule has 1 fully saturated rings. The van der Waals surface area contributed by atoms with Crippen molar-refractivity contribution in [1.29, 1.82) is 0 Å². The fourth-order valence-electron chi connectivity index (χ4n) is 2.99. The van der Waals surface area contributed by atoms with Crippen molar-refractivity contribution >= 4 is 51.9 Å². The number of nitrogens with zero attached hydrogens (tertiary/aromatic N) is 1. The highest BCUT2D eigenvalue weighted by Gasteiger charge is 2.34. The van der Waals surface area contributed by atoms with Crippen LogP contribution in [-0.4, -0.2) is 42.6 Å². The second-order valence-corrected chi connectivity index (χ2v) is 7.96. The van der Waals surface area contributed by atoms with Crippen molar-refractivity contribution in [3.05, 3.63) is 51.9 Å². The predicted octanol–water partition coefficient (Wildman–Crippen LogP) is 4.12. The number of thioether (sulfide) groups is 1. The first-order valence-corrected chi connectivity index (χ1v) is 9.95. The molecule has 0 saturated carbocycles. The van der Waals surface area contributed by atoms with Crippen LogP contribution in [0, 0.1) is 6.92 Å². The molecule has 30 heavy (non-hydrogen) atoms. The molecule has 1 N–H and O–H groups in total. The smallest absolute Gasteiger partial charge is 0.335 e. The van der Waals surface area contributed by atoms with Crippen LogP contribution in [0.4, 0.5) is 5.69 Å². The normalized spacial score (nSPS) is 14.9. The maximum absolute atomic E-state index is 13.1. The number of carboxylic acids is 1. The number of rotatable bonds is 6. The number of carboxylic acid groups (broad SMARTS) is 1. The lowest BCUT2D eigenvalue weighted by Crippen LogP contribution is -2.28. The zero-order valence-corrected chi connectivity index (χ0v) is 18.3. The minimum Gasteiger partial charge on any atom is -0.493 e. The third kappa shape index (κ3) is 3.99. The molecule has 1 amide bonds. The number of amides is 1. The van der Waals surface area contributed by atoms with Crippen LogP contribution in [0.1, 0.15) is 21.5 Å². The fourth-order valence-corrected chi connectivity index (χ4v) is 4.28. The Hall–Kier alpha value is -3.04. The molecule has 1 saturated heterocycles. The third-order valence-electron chi connectivity index (χ3n) is 4.48. The highest BCUT2D eigenvalue weighted by Crippen LogP contribution is 2.41. The van der Waals surface area contributed by atoms with E-state index in [9.17, 15) is 14.7 Å². The Kier molecular flexibility index (Phi) is 6.33. The number of ether oxygens (including phenoxy) is 3. The van der Waals surface area contributed by atoms with Crippen molar-refractivity contribution in [3.8, 4) is 17.2 Å². The van der Waals surface area contributed by atoms with Crippen LogP contribution in [0.15, 0.2) is 35.2 Å². The van der Waals surface area contributed by atoms with Gasteiger partial charge in [0.05, 0.1) is 37.5 Å². The van der Waals surface area contributed by atoms with E-state index < -0.39 is 5.97 Å². The molecule has 1 aliphatic rings. The third-order valence-corrected chi connectivity index (χ3v) is 5.78. The maximum Gasteiger partial charge on any atom is 0.335 e. The van der Waals surface area contributed by atoms with Crippen LogP contribution in [0.5, 0.6) is 17.2 Å². The molecule has 9 heteroatoms. The number of carbonyl (C=O) groups is 2. The number of carbonyl (C=O) groups excluding carboxylic acids is 1. The molecule has 1 heterocycles. The van der Waals surface area contributed by atoms with Crippen molar-refractivity contribution in [3.63, 3.8) is 0 Å². The Morgan fingerprint density at radius 3 is 2.27 bits per heavy atom. The van der Waals surface area contributed by atoms with Crippen LogP contribution in [0.3, 0.4) is 0 Å². The average molecular weight is 446 g/mol. The monoisotopic (exact) mass is 445 g/mol. The van der Waals surface area contributed by atoms with Crippen LogP contribution >= 0.6 is 24.0 Å². The van der Waals surface area contributed by atoms with Crippen molar-refractivity contribution in [2.24, 2.45) is 0 Å². The van der Waals surface area contributed by atoms with Gasteiger partial charge >= 0.3 is 5.97 Å². The van der Waals surface area contributed by atoms with E-state index in [4.69, 9.17) is 26.4 Å². The molecule has 0 aromatic heterocycles. The van der Waals surface area contributed by atoms with Crippen molar-refractivity contribution < 1.29 is 28.9 Å². The van der Waals surface area contributed by atoms with Gasteiger partial charge in [-0.25, -0.2) is 4.79 Å². The van der Waals surface area contributed by atoms with Gasteiger partial charge in [-0.15, -0.1) is 0 Å². The summed E-state index contributed by atoms with van der Waals surface area (Å²) in [6.07, 6.45) is 1.68. The van der Waals surface area contributed by atoms with E-state index in [0.717, 1.165) is 17.3 Å². The molecular formula is C21H19NO6S2. The largest absolute Gasteiger partial charge is 0.493 e. The summed E-state index contributed by atoms with van der Waals surface area (Å²) in [4.78, 5) is 26.2. The molecule has 2 aromatic carbocycles. The number of aromatic carboxylic acids is 1. The fraction of sp³-hybridized carbons (Fsp3) is 0.190. The Morgan fingerprint density at radius 1 is 1.10 bits per heavy atom.